The van der Waals surface area contributed by atoms with Crippen molar-refractivity contribution in [3.63, 3.8) is 0 Å². The average Bonchev–Trinajstić information content (AvgIpc) is 2.44. The summed E-state index contributed by atoms with van der Waals surface area (Å²) >= 11 is 11.8. The van der Waals surface area contributed by atoms with Gasteiger partial charge in [-0.05, 0) is 36.9 Å². The fourth-order valence-electron chi connectivity index (χ4n) is 1.65. The molecule has 8 heteroatoms. The summed E-state index contributed by atoms with van der Waals surface area (Å²) in [5.41, 5.74) is 1.10. The molecule has 0 aliphatic carbocycles. The Morgan fingerprint density at radius 1 is 1.19 bits per heavy atom. The minimum absolute atomic E-state index is 0.0848. The van der Waals surface area contributed by atoms with Gasteiger partial charge in [-0.1, -0.05) is 29.3 Å². The van der Waals surface area contributed by atoms with Gasteiger partial charge in [-0.15, -0.1) is 0 Å². The summed E-state index contributed by atoms with van der Waals surface area (Å²) in [5, 5.41) is 3.52. The summed E-state index contributed by atoms with van der Waals surface area (Å²) < 4.78 is 26.9. The number of hydrogen-bond acceptors (Lipinski definition) is 4. The molecule has 0 saturated heterocycles. The van der Waals surface area contributed by atoms with E-state index in [-0.39, 0.29) is 15.7 Å². The quantitative estimate of drug-likeness (QED) is 0.873. The van der Waals surface area contributed by atoms with Crippen LogP contribution in [0.1, 0.15) is 5.56 Å². The molecule has 0 aliphatic heterocycles. The fraction of sp³-hybridized carbons (Fsp3) is 0.154. The van der Waals surface area contributed by atoms with Crippen molar-refractivity contribution in [1.82, 2.24) is 10.3 Å². The number of anilines is 1. The monoisotopic (exact) mass is 345 g/mol. The summed E-state index contributed by atoms with van der Waals surface area (Å²) in [5.74, 6) is 0. The lowest BCUT2D eigenvalue weighted by Crippen LogP contribution is -2.15. The van der Waals surface area contributed by atoms with Crippen LogP contribution in [0.5, 0.6) is 0 Å². The van der Waals surface area contributed by atoms with E-state index in [1.54, 1.807) is 19.2 Å². The first-order valence-corrected chi connectivity index (χ1v) is 8.23. The van der Waals surface area contributed by atoms with E-state index in [0.29, 0.717) is 11.6 Å². The minimum Gasteiger partial charge on any atom is -0.316 e. The van der Waals surface area contributed by atoms with E-state index in [0.717, 1.165) is 5.56 Å². The van der Waals surface area contributed by atoms with Crippen LogP contribution in [0, 0.1) is 0 Å². The third kappa shape index (κ3) is 4.07. The van der Waals surface area contributed by atoms with Gasteiger partial charge >= 0.3 is 0 Å². The molecule has 21 heavy (non-hydrogen) atoms. The average molecular weight is 346 g/mol. The van der Waals surface area contributed by atoms with Gasteiger partial charge in [-0.2, -0.15) is 8.42 Å². The number of halogens is 2. The Balaban J connectivity index is 2.27. The van der Waals surface area contributed by atoms with Crippen molar-refractivity contribution in [3.8, 4) is 0 Å². The first-order chi connectivity index (χ1) is 9.92. The Hall–Kier alpha value is -1.34. The zero-order valence-corrected chi connectivity index (χ0v) is 13.4. The van der Waals surface area contributed by atoms with E-state index in [4.69, 9.17) is 23.2 Å². The van der Waals surface area contributed by atoms with Gasteiger partial charge in [0.05, 0.1) is 10.7 Å². The van der Waals surface area contributed by atoms with Crippen LogP contribution < -0.4 is 10.0 Å². The molecule has 5 nitrogen and oxygen atoms in total. The number of pyridine rings is 1. The maximum Gasteiger partial charge on any atom is 0.279 e. The lowest BCUT2D eigenvalue weighted by atomic mass is 10.3. The largest absolute Gasteiger partial charge is 0.316 e. The topological polar surface area (TPSA) is 71.1 Å². The van der Waals surface area contributed by atoms with Crippen LogP contribution in [0.15, 0.2) is 41.6 Å². The van der Waals surface area contributed by atoms with Crippen LogP contribution in [-0.4, -0.2) is 20.4 Å². The molecular weight excluding hydrogens is 333 g/mol. The molecule has 0 spiro atoms. The summed E-state index contributed by atoms with van der Waals surface area (Å²) in [6.45, 7) is 0.612. The highest BCUT2D eigenvalue weighted by molar-refractivity contribution is 7.92. The molecule has 1 aromatic heterocycles. The lowest BCUT2D eigenvalue weighted by molar-refractivity contribution is 0.597. The van der Waals surface area contributed by atoms with E-state index in [9.17, 15) is 8.42 Å². The second-order valence-electron chi connectivity index (χ2n) is 4.26. The van der Waals surface area contributed by atoms with Gasteiger partial charge in [0, 0.05) is 17.8 Å². The molecule has 0 fully saturated rings. The Bertz CT molecular complexity index is 734. The first kappa shape index (κ1) is 16.0. The first-order valence-electron chi connectivity index (χ1n) is 6.00. The van der Waals surface area contributed by atoms with Crippen LogP contribution in [0.25, 0.3) is 0 Å². The SMILES string of the molecule is CNCc1ccc(S(=O)(=O)Nc2cc(Cl)ccc2Cl)nc1. The maximum absolute atomic E-state index is 12.2. The predicted molar refractivity (Wildman–Crippen MR) is 84.3 cm³/mol. The van der Waals surface area contributed by atoms with E-state index >= 15 is 0 Å². The van der Waals surface area contributed by atoms with Crippen molar-refractivity contribution >= 4 is 38.9 Å². The van der Waals surface area contributed by atoms with Crippen molar-refractivity contribution in [2.45, 2.75) is 11.6 Å². The third-order valence-corrected chi connectivity index (χ3v) is 4.47. The number of hydrogen-bond donors (Lipinski definition) is 2. The normalized spacial score (nSPS) is 11.4. The summed E-state index contributed by atoms with van der Waals surface area (Å²) in [7, 11) is -2.01. The van der Waals surface area contributed by atoms with Crippen molar-refractivity contribution in [2.24, 2.45) is 0 Å². The van der Waals surface area contributed by atoms with Crippen LogP contribution in [-0.2, 0) is 16.6 Å². The fourth-order valence-corrected chi connectivity index (χ4v) is 3.05. The molecular formula is C13H13Cl2N3O2S. The lowest BCUT2D eigenvalue weighted by Gasteiger charge is -2.09. The molecule has 1 heterocycles. The highest BCUT2D eigenvalue weighted by Gasteiger charge is 2.17. The second-order valence-corrected chi connectivity index (χ2v) is 6.74. The highest BCUT2D eigenvalue weighted by Crippen LogP contribution is 2.27. The van der Waals surface area contributed by atoms with Crippen molar-refractivity contribution in [2.75, 3.05) is 11.8 Å². The molecule has 0 atom stereocenters. The number of aromatic nitrogens is 1. The van der Waals surface area contributed by atoms with Crippen molar-refractivity contribution < 1.29 is 8.42 Å². The zero-order chi connectivity index (χ0) is 15.5. The Labute approximate surface area is 133 Å². The molecule has 0 saturated carbocycles. The molecule has 2 aromatic rings. The van der Waals surface area contributed by atoms with E-state index in [1.807, 2.05) is 0 Å². The van der Waals surface area contributed by atoms with E-state index < -0.39 is 10.0 Å². The standard InChI is InChI=1S/C13H13Cl2N3O2S/c1-16-7-9-2-5-13(17-8-9)21(19,20)18-12-6-10(14)3-4-11(12)15/h2-6,8,16,18H,7H2,1H3. The maximum atomic E-state index is 12.2. The highest BCUT2D eigenvalue weighted by atomic mass is 35.5. The molecule has 2 N–H and O–H groups in total. The summed E-state index contributed by atoms with van der Waals surface area (Å²) in [6, 6.07) is 7.67. The van der Waals surface area contributed by atoms with Crippen LogP contribution >= 0.6 is 23.2 Å². The van der Waals surface area contributed by atoms with E-state index in [2.05, 4.69) is 15.0 Å². The molecule has 0 radical (unpaired) electrons. The van der Waals surface area contributed by atoms with Gasteiger partial charge in [0.2, 0.25) is 0 Å². The smallest absolute Gasteiger partial charge is 0.279 e. The van der Waals surface area contributed by atoms with Crippen LogP contribution in [0.4, 0.5) is 5.69 Å². The molecule has 112 valence electrons. The summed E-state index contributed by atoms with van der Waals surface area (Å²) in [6.07, 6.45) is 1.50. The van der Waals surface area contributed by atoms with Crippen molar-refractivity contribution in [1.29, 1.82) is 0 Å². The third-order valence-electron chi connectivity index (χ3n) is 2.63. The van der Waals surface area contributed by atoms with Gasteiger partial charge < -0.3 is 5.32 Å². The number of nitrogens with one attached hydrogen (secondary N) is 2. The molecule has 0 amide bonds. The number of benzene rings is 1. The number of nitrogens with zero attached hydrogens (tertiary/aromatic N) is 1. The van der Waals surface area contributed by atoms with Gasteiger partial charge in [-0.25, -0.2) is 4.98 Å². The van der Waals surface area contributed by atoms with E-state index in [1.165, 1.54) is 24.4 Å². The number of sulfonamides is 1. The molecule has 0 bridgehead atoms. The second kappa shape index (κ2) is 6.62. The van der Waals surface area contributed by atoms with Crippen LogP contribution in [0.3, 0.4) is 0 Å². The molecule has 0 aliphatic rings. The van der Waals surface area contributed by atoms with Crippen molar-refractivity contribution in [3.05, 3.63) is 52.1 Å². The van der Waals surface area contributed by atoms with Gasteiger partial charge in [-0.3, -0.25) is 4.72 Å². The van der Waals surface area contributed by atoms with Gasteiger partial charge in [0.15, 0.2) is 5.03 Å². The van der Waals surface area contributed by atoms with Crippen LogP contribution in [0.2, 0.25) is 10.0 Å². The molecule has 1 aromatic carbocycles. The van der Waals surface area contributed by atoms with Gasteiger partial charge in [0.25, 0.3) is 10.0 Å². The zero-order valence-electron chi connectivity index (χ0n) is 11.1. The number of rotatable bonds is 5. The predicted octanol–water partition coefficient (Wildman–Crippen LogP) is 2.91. The molecule has 2 rings (SSSR count). The summed E-state index contributed by atoms with van der Waals surface area (Å²) in [4.78, 5) is 3.95. The minimum atomic E-state index is -3.81. The van der Waals surface area contributed by atoms with Gasteiger partial charge in [0.1, 0.15) is 0 Å². The molecule has 0 unspecified atom stereocenters. The Morgan fingerprint density at radius 3 is 2.57 bits per heavy atom. The Morgan fingerprint density at radius 2 is 1.95 bits per heavy atom. The Kier molecular flexibility index (Phi) is 5.05.